The van der Waals surface area contributed by atoms with Crippen LogP contribution in [0.5, 0.6) is 0 Å². The van der Waals surface area contributed by atoms with Crippen LogP contribution in [0.4, 0.5) is 0 Å². The summed E-state index contributed by atoms with van der Waals surface area (Å²) in [6.45, 7) is 1.27. The lowest BCUT2D eigenvalue weighted by atomic mass is 10.2. The van der Waals surface area contributed by atoms with E-state index in [9.17, 15) is 9.59 Å². The Kier molecular flexibility index (Phi) is 6.60. The molecular formula is C14H21N3O2. The van der Waals surface area contributed by atoms with E-state index >= 15 is 0 Å². The molecule has 0 heterocycles. The van der Waals surface area contributed by atoms with Crippen molar-refractivity contribution in [1.29, 1.82) is 0 Å². The Balaban J connectivity index is 2.10. The van der Waals surface area contributed by atoms with Crippen molar-refractivity contribution in [1.82, 2.24) is 15.5 Å². The Labute approximate surface area is 114 Å². The molecule has 19 heavy (non-hydrogen) atoms. The predicted octanol–water partition coefficient (Wildman–Crippen LogP) is 0.371. The van der Waals surface area contributed by atoms with Gasteiger partial charge in [0.25, 0.3) is 0 Å². The van der Waals surface area contributed by atoms with Crippen LogP contribution in [0.3, 0.4) is 0 Å². The number of hydrogen-bond donors (Lipinski definition) is 2. The molecule has 2 N–H and O–H groups in total. The number of carbonyl (C=O) groups excluding carboxylic acids is 2. The number of rotatable bonds is 7. The standard InChI is InChI=1S/C14H21N3O2/c1-17(2)14(19)8-9-15-11-13(18)16-10-12-6-4-3-5-7-12/h3-7,15H,8-11H2,1-2H3,(H,16,18). The minimum atomic E-state index is -0.0684. The molecule has 0 aliphatic heterocycles. The average Bonchev–Trinajstić information content (AvgIpc) is 2.42. The summed E-state index contributed by atoms with van der Waals surface area (Å²) in [5, 5.41) is 5.76. The topological polar surface area (TPSA) is 61.4 Å². The monoisotopic (exact) mass is 263 g/mol. The van der Waals surface area contributed by atoms with Gasteiger partial charge in [-0.25, -0.2) is 0 Å². The van der Waals surface area contributed by atoms with Gasteiger partial charge in [0.2, 0.25) is 11.8 Å². The van der Waals surface area contributed by atoms with Crippen molar-refractivity contribution in [3.63, 3.8) is 0 Å². The molecule has 0 saturated heterocycles. The second kappa shape index (κ2) is 8.26. The van der Waals surface area contributed by atoms with E-state index in [1.165, 1.54) is 4.90 Å². The first-order valence-corrected chi connectivity index (χ1v) is 6.31. The highest BCUT2D eigenvalue weighted by molar-refractivity contribution is 5.78. The van der Waals surface area contributed by atoms with Gasteiger partial charge in [0, 0.05) is 33.6 Å². The molecule has 0 fully saturated rings. The van der Waals surface area contributed by atoms with Crippen molar-refractivity contribution in [3.05, 3.63) is 35.9 Å². The van der Waals surface area contributed by atoms with E-state index in [0.717, 1.165) is 5.56 Å². The summed E-state index contributed by atoms with van der Waals surface area (Å²) < 4.78 is 0. The van der Waals surface area contributed by atoms with Gasteiger partial charge in [-0.2, -0.15) is 0 Å². The van der Waals surface area contributed by atoms with Gasteiger partial charge in [-0.1, -0.05) is 30.3 Å². The molecule has 1 rings (SSSR count). The van der Waals surface area contributed by atoms with Gasteiger partial charge in [-0.3, -0.25) is 9.59 Å². The van der Waals surface area contributed by atoms with E-state index in [0.29, 0.717) is 19.5 Å². The van der Waals surface area contributed by atoms with Gasteiger partial charge >= 0.3 is 0 Å². The van der Waals surface area contributed by atoms with Crippen LogP contribution in [-0.4, -0.2) is 43.9 Å². The molecule has 0 radical (unpaired) electrons. The Morgan fingerprint density at radius 1 is 1.16 bits per heavy atom. The summed E-state index contributed by atoms with van der Waals surface area (Å²) >= 11 is 0. The van der Waals surface area contributed by atoms with Crippen LogP contribution in [0.2, 0.25) is 0 Å². The lowest BCUT2D eigenvalue weighted by Crippen LogP contribution is -2.35. The fourth-order valence-corrected chi connectivity index (χ4v) is 1.48. The van der Waals surface area contributed by atoms with E-state index < -0.39 is 0 Å². The highest BCUT2D eigenvalue weighted by Gasteiger charge is 2.04. The minimum absolute atomic E-state index is 0.0530. The van der Waals surface area contributed by atoms with Crippen molar-refractivity contribution < 1.29 is 9.59 Å². The molecule has 0 atom stereocenters. The quantitative estimate of drug-likeness (QED) is 0.699. The lowest BCUT2D eigenvalue weighted by molar-refractivity contribution is -0.128. The van der Waals surface area contributed by atoms with Crippen molar-refractivity contribution in [2.24, 2.45) is 0 Å². The summed E-state index contributed by atoms with van der Waals surface area (Å²) in [5.74, 6) is -0.0154. The van der Waals surface area contributed by atoms with Crippen molar-refractivity contribution in [3.8, 4) is 0 Å². The number of carbonyl (C=O) groups is 2. The van der Waals surface area contributed by atoms with Crippen molar-refractivity contribution in [2.75, 3.05) is 27.2 Å². The molecule has 0 aliphatic rings. The molecule has 1 aromatic carbocycles. The van der Waals surface area contributed by atoms with E-state index in [4.69, 9.17) is 0 Å². The maximum Gasteiger partial charge on any atom is 0.234 e. The van der Waals surface area contributed by atoms with Crippen molar-refractivity contribution >= 4 is 11.8 Å². The highest BCUT2D eigenvalue weighted by Crippen LogP contribution is 1.96. The molecule has 0 unspecified atom stereocenters. The van der Waals surface area contributed by atoms with Crippen molar-refractivity contribution in [2.45, 2.75) is 13.0 Å². The Morgan fingerprint density at radius 3 is 2.47 bits per heavy atom. The average molecular weight is 263 g/mol. The van der Waals surface area contributed by atoms with Crippen LogP contribution >= 0.6 is 0 Å². The van der Waals surface area contributed by atoms with Crippen LogP contribution in [0, 0.1) is 0 Å². The number of nitrogens with one attached hydrogen (secondary N) is 2. The molecule has 0 aromatic heterocycles. The van der Waals surface area contributed by atoms with E-state index in [-0.39, 0.29) is 18.4 Å². The fraction of sp³-hybridized carbons (Fsp3) is 0.429. The largest absolute Gasteiger partial charge is 0.351 e. The Hall–Kier alpha value is -1.88. The molecule has 0 bridgehead atoms. The maximum absolute atomic E-state index is 11.5. The summed E-state index contributed by atoms with van der Waals surface area (Å²) in [6, 6.07) is 9.74. The third-order valence-corrected chi connectivity index (χ3v) is 2.63. The molecule has 5 nitrogen and oxygen atoms in total. The molecule has 0 saturated carbocycles. The third kappa shape index (κ3) is 6.57. The van der Waals surface area contributed by atoms with Gasteiger partial charge in [-0.05, 0) is 5.56 Å². The summed E-state index contributed by atoms with van der Waals surface area (Å²) in [4.78, 5) is 24.3. The third-order valence-electron chi connectivity index (χ3n) is 2.63. The molecule has 1 aromatic rings. The first-order chi connectivity index (χ1) is 9.09. The van der Waals surface area contributed by atoms with Crippen LogP contribution < -0.4 is 10.6 Å². The molecular weight excluding hydrogens is 242 g/mol. The second-order valence-corrected chi connectivity index (χ2v) is 4.48. The van der Waals surface area contributed by atoms with Gasteiger partial charge < -0.3 is 15.5 Å². The number of hydrogen-bond acceptors (Lipinski definition) is 3. The zero-order chi connectivity index (χ0) is 14.1. The molecule has 2 amide bonds. The molecule has 0 aliphatic carbocycles. The molecule has 5 heteroatoms. The van der Waals surface area contributed by atoms with Crippen LogP contribution in [0.25, 0.3) is 0 Å². The van der Waals surface area contributed by atoms with Crippen LogP contribution in [-0.2, 0) is 16.1 Å². The number of nitrogens with zero attached hydrogens (tertiary/aromatic N) is 1. The summed E-state index contributed by atoms with van der Waals surface area (Å²) in [5.41, 5.74) is 1.07. The number of amides is 2. The first kappa shape index (κ1) is 15.2. The van der Waals surface area contributed by atoms with Crippen LogP contribution in [0.15, 0.2) is 30.3 Å². The fourth-order valence-electron chi connectivity index (χ4n) is 1.48. The smallest absolute Gasteiger partial charge is 0.234 e. The van der Waals surface area contributed by atoms with E-state index in [2.05, 4.69) is 10.6 Å². The lowest BCUT2D eigenvalue weighted by Gasteiger charge is -2.10. The van der Waals surface area contributed by atoms with E-state index in [1.54, 1.807) is 14.1 Å². The Bertz CT molecular complexity index is 404. The number of benzene rings is 1. The van der Waals surface area contributed by atoms with Gasteiger partial charge in [-0.15, -0.1) is 0 Å². The second-order valence-electron chi connectivity index (χ2n) is 4.48. The summed E-state index contributed by atoms with van der Waals surface area (Å²) in [7, 11) is 3.43. The van der Waals surface area contributed by atoms with Crippen LogP contribution in [0.1, 0.15) is 12.0 Å². The maximum atomic E-state index is 11.5. The molecule has 104 valence electrons. The first-order valence-electron chi connectivity index (χ1n) is 6.31. The predicted molar refractivity (Wildman–Crippen MR) is 74.5 cm³/mol. The van der Waals surface area contributed by atoms with Gasteiger partial charge in [0.05, 0.1) is 6.54 Å². The summed E-state index contributed by atoms with van der Waals surface area (Å²) in [6.07, 6.45) is 0.402. The Morgan fingerprint density at radius 2 is 1.84 bits per heavy atom. The zero-order valence-electron chi connectivity index (χ0n) is 11.5. The van der Waals surface area contributed by atoms with Gasteiger partial charge in [0.15, 0.2) is 0 Å². The minimum Gasteiger partial charge on any atom is -0.351 e. The van der Waals surface area contributed by atoms with E-state index in [1.807, 2.05) is 30.3 Å². The molecule has 0 spiro atoms. The zero-order valence-corrected chi connectivity index (χ0v) is 11.5. The normalized spacial score (nSPS) is 10.0. The highest BCUT2D eigenvalue weighted by atomic mass is 16.2. The SMILES string of the molecule is CN(C)C(=O)CCNCC(=O)NCc1ccccc1. The van der Waals surface area contributed by atoms with Gasteiger partial charge in [0.1, 0.15) is 0 Å².